The van der Waals surface area contributed by atoms with Gasteiger partial charge in [-0.25, -0.2) is 0 Å². The molecule has 2 N–H and O–H groups in total. The SMILES string of the molecule is CCNc1cc(NCc2nncn2C)cc([N+](=O)[O-])c1. The second-order valence-electron chi connectivity index (χ2n) is 4.27. The number of aromatic nitrogens is 3. The number of nitrogens with zero attached hydrogens (tertiary/aromatic N) is 4. The summed E-state index contributed by atoms with van der Waals surface area (Å²) in [6.07, 6.45) is 1.61. The lowest BCUT2D eigenvalue weighted by Gasteiger charge is -2.09. The number of nitro groups is 1. The number of nitro benzene ring substituents is 1. The molecule has 0 atom stereocenters. The molecule has 1 aromatic heterocycles. The normalized spacial score (nSPS) is 10.3. The summed E-state index contributed by atoms with van der Waals surface area (Å²) < 4.78 is 1.79. The predicted molar refractivity (Wildman–Crippen MR) is 75.6 cm³/mol. The third-order valence-electron chi connectivity index (χ3n) is 2.77. The summed E-state index contributed by atoms with van der Waals surface area (Å²) in [5.74, 6) is 0.751. The van der Waals surface area contributed by atoms with Gasteiger partial charge in [0, 0.05) is 37.1 Å². The first-order chi connectivity index (χ1) is 9.60. The molecule has 0 aliphatic carbocycles. The number of anilines is 2. The average molecular weight is 276 g/mol. The van der Waals surface area contributed by atoms with Crippen molar-refractivity contribution in [2.45, 2.75) is 13.5 Å². The molecule has 0 amide bonds. The molecule has 106 valence electrons. The van der Waals surface area contributed by atoms with E-state index in [4.69, 9.17) is 0 Å². The Hall–Kier alpha value is -2.64. The number of non-ortho nitro benzene ring substituents is 1. The maximum absolute atomic E-state index is 10.9. The van der Waals surface area contributed by atoms with Gasteiger partial charge in [0.1, 0.15) is 6.33 Å². The van der Waals surface area contributed by atoms with E-state index in [2.05, 4.69) is 20.8 Å². The minimum Gasteiger partial charge on any atom is -0.385 e. The molecule has 0 radical (unpaired) electrons. The van der Waals surface area contributed by atoms with Crippen molar-refractivity contribution in [3.05, 3.63) is 40.5 Å². The van der Waals surface area contributed by atoms with Crippen LogP contribution in [-0.2, 0) is 13.6 Å². The van der Waals surface area contributed by atoms with Gasteiger partial charge in [0.15, 0.2) is 5.82 Å². The molecule has 20 heavy (non-hydrogen) atoms. The van der Waals surface area contributed by atoms with E-state index in [1.165, 1.54) is 12.1 Å². The fraction of sp³-hybridized carbons (Fsp3) is 0.333. The topological polar surface area (TPSA) is 97.9 Å². The molecule has 0 bridgehead atoms. The zero-order valence-electron chi connectivity index (χ0n) is 11.3. The number of hydrogen-bond acceptors (Lipinski definition) is 6. The van der Waals surface area contributed by atoms with Gasteiger partial charge in [0.2, 0.25) is 0 Å². The van der Waals surface area contributed by atoms with Crippen molar-refractivity contribution in [1.82, 2.24) is 14.8 Å². The number of nitrogens with one attached hydrogen (secondary N) is 2. The standard InChI is InChI=1S/C12H16N6O2/c1-3-13-9-4-10(6-11(5-9)18(19)20)14-7-12-16-15-8-17(12)2/h4-6,8,13-14H,3,7H2,1-2H3. The summed E-state index contributed by atoms with van der Waals surface area (Å²) in [6.45, 7) is 3.08. The van der Waals surface area contributed by atoms with Crippen LogP contribution in [0.3, 0.4) is 0 Å². The zero-order chi connectivity index (χ0) is 14.5. The van der Waals surface area contributed by atoms with Crippen LogP contribution in [0.1, 0.15) is 12.7 Å². The van der Waals surface area contributed by atoms with E-state index in [0.717, 1.165) is 5.82 Å². The van der Waals surface area contributed by atoms with Gasteiger partial charge in [0.05, 0.1) is 11.5 Å². The van der Waals surface area contributed by atoms with Crippen molar-refractivity contribution in [2.24, 2.45) is 7.05 Å². The van der Waals surface area contributed by atoms with Gasteiger partial charge >= 0.3 is 0 Å². The van der Waals surface area contributed by atoms with E-state index < -0.39 is 4.92 Å². The van der Waals surface area contributed by atoms with Crippen molar-refractivity contribution in [1.29, 1.82) is 0 Å². The van der Waals surface area contributed by atoms with Gasteiger partial charge in [-0.1, -0.05) is 0 Å². The lowest BCUT2D eigenvalue weighted by molar-refractivity contribution is -0.384. The van der Waals surface area contributed by atoms with Crippen LogP contribution in [0.4, 0.5) is 17.1 Å². The first kappa shape index (κ1) is 13.8. The summed E-state index contributed by atoms with van der Waals surface area (Å²) in [6, 6.07) is 4.83. The van der Waals surface area contributed by atoms with E-state index in [9.17, 15) is 10.1 Å². The summed E-state index contributed by atoms with van der Waals surface area (Å²) in [7, 11) is 1.84. The highest BCUT2D eigenvalue weighted by atomic mass is 16.6. The summed E-state index contributed by atoms with van der Waals surface area (Å²) in [5.41, 5.74) is 1.42. The van der Waals surface area contributed by atoms with E-state index in [0.29, 0.717) is 24.5 Å². The van der Waals surface area contributed by atoms with Crippen LogP contribution >= 0.6 is 0 Å². The predicted octanol–water partition coefficient (Wildman–Crippen LogP) is 1.77. The van der Waals surface area contributed by atoms with Gasteiger partial charge in [-0.05, 0) is 13.0 Å². The smallest absolute Gasteiger partial charge is 0.273 e. The second kappa shape index (κ2) is 6.00. The maximum atomic E-state index is 10.9. The summed E-state index contributed by atoms with van der Waals surface area (Å²) in [5, 5.41) is 24.8. The molecular weight excluding hydrogens is 260 g/mol. The van der Waals surface area contributed by atoms with Gasteiger partial charge in [-0.3, -0.25) is 10.1 Å². The Morgan fingerprint density at radius 3 is 2.55 bits per heavy atom. The Labute approximate surface area is 116 Å². The molecule has 0 saturated carbocycles. The average Bonchev–Trinajstić information content (AvgIpc) is 2.82. The minimum atomic E-state index is -0.408. The second-order valence-corrected chi connectivity index (χ2v) is 4.27. The molecule has 8 heteroatoms. The minimum absolute atomic E-state index is 0.0453. The molecule has 2 rings (SSSR count). The monoisotopic (exact) mass is 276 g/mol. The fourth-order valence-electron chi connectivity index (χ4n) is 1.77. The molecule has 0 unspecified atom stereocenters. The van der Waals surface area contributed by atoms with Gasteiger partial charge in [-0.15, -0.1) is 10.2 Å². The molecule has 1 heterocycles. The van der Waals surface area contributed by atoms with Crippen LogP contribution in [0.2, 0.25) is 0 Å². The largest absolute Gasteiger partial charge is 0.385 e. The van der Waals surface area contributed by atoms with E-state index in [1.807, 2.05) is 20.0 Å². The third-order valence-corrected chi connectivity index (χ3v) is 2.77. The number of hydrogen-bond donors (Lipinski definition) is 2. The molecule has 0 fully saturated rings. The molecule has 1 aromatic carbocycles. The van der Waals surface area contributed by atoms with Crippen LogP contribution < -0.4 is 10.6 Å². The highest BCUT2D eigenvalue weighted by Gasteiger charge is 2.10. The first-order valence-electron chi connectivity index (χ1n) is 6.20. The van der Waals surface area contributed by atoms with E-state index in [1.54, 1.807) is 10.9 Å². The van der Waals surface area contributed by atoms with Gasteiger partial charge in [0.25, 0.3) is 5.69 Å². The third kappa shape index (κ3) is 3.22. The van der Waals surface area contributed by atoms with Crippen LogP contribution in [0, 0.1) is 10.1 Å². The Kier molecular flexibility index (Phi) is 4.14. The van der Waals surface area contributed by atoms with Crippen molar-refractivity contribution >= 4 is 17.1 Å². The fourth-order valence-corrected chi connectivity index (χ4v) is 1.77. The molecule has 0 aliphatic rings. The van der Waals surface area contributed by atoms with Crippen LogP contribution in [0.5, 0.6) is 0 Å². The van der Waals surface area contributed by atoms with Crippen molar-refractivity contribution in [3.8, 4) is 0 Å². The van der Waals surface area contributed by atoms with E-state index >= 15 is 0 Å². The van der Waals surface area contributed by atoms with Crippen molar-refractivity contribution in [2.75, 3.05) is 17.2 Å². The van der Waals surface area contributed by atoms with Gasteiger partial charge in [-0.2, -0.15) is 0 Å². The van der Waals surface area contributed by atoms with Crippen molar-refractivity contribution in [3.63, 3.8) is 0 Å². The number of benzene rings is 1. The summed E-state index contributed by atoms with van der Waals surface area (Å²) in [4.78, 5) is 10.5. The number of rotatable bonds is 6. The van der Waals surface area contributed by atoms with Crippen LogP contribution in [0.25, 0.3) is 0 Å². The quantitative estimate of drug-likeness (QED) is 0.616. The summed E-state index contributed by atoms with van der Waals surface area (Å²) >= 11 is 0. The Morgan fingerprint density at radius 1 is 1.30 bits per heavy atom. The number of aryl methyl sites for hydroxylation is 1. The zero-order valence-corrected chi connectivity index (χ0v) is 11.3. The van der Waals surface area contributed by atoms with E-state index in [-0.39, 0.29) is 5.69 Å². The highest BCUT2D eigenvalue weighted by molar-refractivity contribution is 5.63. The van der Waals surface area contributed by atoms with Crippen LogP contribution in [0.15, 0.2) is 24.5 Å². The molecule has 0 aliphatic heterocycles. The van der Waals surface area contributed by atoms with Gasteiger partial charge < -0.3 is 15.2 Å². The molecule has 8 nitrogen and oxygen atoms in total. The molecule has 0 saturated heterocycles. The maximum Gasteiger partial charge on any atom is 0.273 e. The Balaban J connectivity index is 2.17. The highest BCUT2D eigenvalue weighted by Crippen LogP contribution is 2.24. The Bertz CT molecular complexity index is 610. The first-order valence-corrected chi connectivity index (χ1v) is 6.20. The lowest BCUT2D eigenvalue weighted by Crippen LogP contribution is -2.06. The molecule has 2 aromatic rings. The van der Waals surface area contributed by atoms with Crippen molar-refractivity contribution < 1.29 is 4.92 Å². The lowest BCUT2D eigenvalue weighted by atomic mass is 10.2. The molecule has 0 spiro atoms. The molecular formula is C12H16N6O2. The van der Waals surface area contributed by atoms with Crippen LogP contribution in [-0.4, -0.2) is 26.2 Å². The Morgan fingerprint density at radius 2 is 2.00 bits per heavy atom.